The van der Waals surface area contributed by atoms with Gasteiger partial charge in [-0.15, -0.1) is 0 Å². The molecular formula is C14H20N2O. The molecule has 0 aromatic rings. The van der Waals surface area contributed by atoms with Crippen LogP contribution in [0.5, 0.6) is 0 Å². The average Bonchev–Trinajstić information content (AvgIpc) is 2.29. The smallest absolute Gasteiger partial charge is 0.247 e. The molecule has 0 saturated heterocycles. The van der Waals surface area contributed by atoms with E-state index >= 15 is 0 Å². The van der Waals surface area contributed by atoms with Gasteiger partial charge in [-0.25, -0.2) is 0 Å². The van der Waals surface area contributed by atoms with Crippen LogP contribution in [-0.2, 0) is 4.79 Å². The standard InChI is InChI=1S/C14H20N2O/c1-16(14(11-15)8-5-9-14)13(17)10-12-6-3-2-4-7-12/h10H,2-9H2,1H3. The Bertz CT molecular complexity index is 366. The molecule has 0 N–H and O–H groups in total. The first-order valence-electron chi connectivity index (χ1n) is 6.56. The Labute approximate surface area is 103 Å². The Morgan fingerprint density at radius 2 is 1.94 bits per heavy atom. The maximum atomic E-state index is 12.1. The number of carbonyl (C=O) groups is 1. The minimum atomic E-state index is -0.511. The summed E-state index contributed by atoms with van der Waals surface area (Å²) >= 11 is 0. The van der Waals surface area contributed by atoms with Crippen molar-refractivity contribution < 1.29 is 4.79 Å². The van der Waals surface area contributed by atoms with Crippen LogP contribution in [0.1, 0.15) is 51.4 Å². The second-order valence-electron chi connectivity index (χ2n) is 5.26. The summed E-state index contributed by atoms with van der Waals surface area (Å²) < 4.78 is 0. The van der Waals surface area contributed by atoms with Crippen LogP contribution in [0.25, 0.3) is 0 Å². The summed E-state index contributed by atoms with van der Waals surface area (Å²) in [5.41, 5.74) is 0.753. The highest BCUT2D eigenvalue weighted by atomic mass is 16.2. The number of amides is 1. The molecule has 0 heterocycles. The van der Waals surface area contributed by atoms with Gasteiger partial charge in [-0.1, -0.05) is 12.0 Å². The lowest BCUT2D eigenvalue weighted by Gasteiger charge is -2.42. The quantitative estimate of drug-likeness (QED) is 0.687. The van der Waals surface area contributed by atoms with Crippen LogP contribution >= 0.6 is 0 Å². The van der Waals surface area contributed by atoms with Crippen molar-refractivity contribution in [3.05, 3.63) is 11.6 Å². The molecule has 3 heteroatoms. The van der Waals surface area contributed by atoms with Gasteiger partial charge in [0, 0.05) is 13.1 Å². The first kappa shape index (κ1) is 12.2. The zero-order chi connectivity index (χ0) is 12.3. The SMILES string of the molecule is CN(C(=O)C=C1CCCCC1)C1(C#N)CCC1. The highest BCUT2D eigenvalue weighted by Crippen LogP contribution is 2.36. The molecule has 0 radical (unpaired) electrons. The number of rotatable bonds is 2. The fraction of sp³-hybridized carbons (Fsp3) is 0.714. The van der Waals surface area contributed by atoms with E-state index in [0.717, 1.165) is 32.1 Å². The molecular weight excluding hydrogens is 212 g/mol. The van der Waals surface area contributed by atoms with Gasteiger partial charge >= 0.3 is 0 Å². The number of carbonyl (C=O) groups excluding carboxylic acids is 1. The van der Waals surface area contributed by atoms with Crippen LogP contribution in [0.4, 0.5) is 0 Å². The number of likely N-dealkylation sites (N-methyl/N-ethyl adjacent to an activating group) is 1. The summed E-state index contributed by atoms with van der Waals surface area (Å²) in [6.07, 6.45) is 10.3. The molecule has 0 unspecified atom stereocenters. The molecule has 0 spiro atoms. The predicted molar refractivity (Wildman–Crippen MR) is 66.1 cm³/mol. The molecule has 0 aliphatic heterocycles. The molecule has 0 bridgehead atoms. The number of nitrogens with zero attached hydrogens (tertiary/aromatic N) is 2. The van der Waals surface area contributed by atoms with E-state index in [4.69, 9.17) is 0 Å². The molecule has 3 nitrogen and oxygen atoms in total. The summed E-state index contributed by atoms with van der Waals surface area (Å²) in [6.45, 7) is 0. The van der Waals surface area contributed by atoms with E-state index in [0.29, 0.717) is 0 Å². The maximum absolute atomic E-state index is 12.1. The van der Waals surface area contributed by atoms with Gasteiger partial charge < -0.3 is 4.90 Å². The van der Waals surface area contributed by atoms with Crippen LogP contribution < -0.4 is 0 Å². The summed E-state index contributed by atoms with van der Waals surface area (Å²) in [6, 6.07) is 2.31. The zero-order valence-corrected chi connectivity index (χ0v) is 10.5. The summed E-state index contributed by atoms with van der Waals surface area (Å²) in [5.74, 6) is 0.0168. The lowest BCUT2D eigenvalue weighted by atomic mass is 9.76. The van der Waals surface area contributed by atoms with Crippen molar-refractivity contribution in [3.63, 3.8) is 0 Å². The molecule has 2 rings (SSSR count). The van der Waals surface area contributed by atoms with E-state index in [9.17, 15) is 10.1 Å². The fourth-order valence-electron chi connectivity index (χ4n) is 2.67. The highest BCUT2D eigenvalue weighted by Gasteiger charge is 2.42. The first-order chi connectivity index (χ1) is 8.18. The van der Waals surface area contributed by atoms with Crippen molar-refractivity contribution >= 4 is 5.91 Å². The topological polar surface area (TPSA) is 44.1 Å². The Hall–Kier alpha value is -1.30. The lowest BCUT2D eigenvalue weighted by molar-refractivity contribution is -0.131. The Morgan fingerprint density at radius 1 is 1.29 bits per heavy atom. The van der Waals surface area contributed by atoms with Crippen molar-refractivity contribution in [2.24, 2.45) is 0 Å². The van der Waals surface area contributed by atoms with Crippen LogP contribution in [-0.4, -0.2) is 23.4 Å². The van der Waals surface area contributed by atoms with E-state index in [1.807, 2.05) is 0 Å². The lowest BCUT2D eigenvalue weighted by Crippen LogP contribution is -2.52. The van der Waals surface area contributed by atoms with E-state index in [2.05, 4.69) is 6.07 Å². The van der Waals surface area contributed by atoms with E-state index in [1.165, 1.54) is 24.8 Å². The fourth-order valence-corrected chi connectivity index (χ4v) is 2.67. The number of allylic oxidation sites excluding steroid dienone is 1. The molecule has 2 aliphatic carbocycles. The highest BCUT2D eigenvalue weighted by molar-refractivity contribution is 5.89. The van der Waals surface area contributed by atoms with Gasteiger partial charge in [0.15, 0.2) is 0 Å². The van der Waals surface area contributed by atoms with Crippen LogP contribution in [0.3, 0.4) is 0 Å². The molecule has 92 valence electrons. The van der Waals surface area contributed by atoms with Gasteiger partial charge in [-0.3, -0.25) is 4.79 Å². The summed E-state index contributed by atoms with van der Waals surface area (Å²) in [5, 5.41) is 9.20. The van der Waals surface area contributed by atoms with Crippen LogP contribution in [0.2, 0.25) is 0 Å². The monoisotopic (exact) mass is 232 g/mol. The average molecular weight is 232 g/mol. The van der Waals surface area contributed by atoms with E-state index in [-0.39, 0.29) is 5.91 Å². The van der Waals surface area contributed by atoms with Gasteiger partial charge in [0.25, 0.3) is 0 Å². The first-order valence-corrected chi connectivity index (χ1v) is 6.56. The van der Waals surface area contributed by atoms with Gasteiger partial charge in [0.2, 0.25) is 5.91 Å². The van der Waals surface area contributed by atoms with Crippen LogP contribution in [0.15, 0.2) is 11.6 Å². The van der Waals surface area contributed by atoms with Crippen molar-refractivity contribution in [3.8, 4) is 6.07 Å². The third kappa shape index (κ3) is 2.36. The minimum absolute atomic E-state index is 0.0168. The molecule has 0 aromatic heterocycles. The molecule has 0 atom stereocenters. The van der Waals surface area contributed by atoms with Gasteiger partial charge in [-0.2, -0.15) is 5.26 Å². The van der Waals surface area contributed by atoms with Gasteiger partial charge in [0.1, 0.15) is 5.54 Å². The molecule has 1 amide bonds. The Kier molecular flexibility index (Phi) is 3.51. The second kappa shape index (κ2) is 4.91. The summed E-state index contributed by atoms with van der Waals surface area (Å²) in [4.78, 5) is 13.8. The molecule has 2 saturated carbocycles. The Balaban J connectivity index is 2.02. The molecule has 17 heavy (non-hydrogen) atoms. The third-order valence-electron chi connectivity index (χ3n) is 4.18. The van der Waals surface area contributed by atoms with Crippen LogP contribution in [0, 0.1) is 11.3 Å². The predicted octanol–water partition coefficient (Wildman–Crippen LogP) is 2.78. The number of nitriles is 1. The maximum Gasteiger partial charge on any atom is 0.247 e. The normalized spacial score (nSPS) is 22.2. The largest absolute Gasteiger partial charge is 0.323 e. The van der Waals surface area contributed by atoms with E-state index in [1.54, 1.807) is 18.0 Å². The molecule has 2 aliphatic rings. The van der Waals surface area contributed by atoms with Crippen molar-refractivity contribution in [1.82, 2.24) is 4.90 Å². The number of hydrogen-bond donors (Lipinski definition) is 0. The molecule has 2 fully saturated rings. The Morgan fingerprint density at radius 3 is 2.41 bits per heavy atom. The van der Waals surface area contributed by atoms with Gasteiger partial charge in [-0.05, 0) is 44.9 Å². The molecule has 0 aromatic carbocycles. The van der Waals surface area contributed by atoms with Crippen molar-refractivity contribution in [2.45, 2.75) is 56.9 Å². The zero-order valence-electron chi connectivity index (χ0n) is 10.5. The third-order valence-corrected chi connectivity index (χ3v) is 4.18. The summed E-state index contributed by atoms with van der Waals surface area (Å²) in [7, 11) is 1.77. The van der Waals surface area contributed by atoms with Crippen molar-refractivity contribution in [2.75, 3.05) is 7.05 Å². The van der Waals surface area contributed by atoms with Gasteiger partial charge in [0.05, 0.1) is 6.07 Å². The second-order valence-corrected chi connectivity index (χ2v) is 5.26. The minimum Gasteiger partial charge on any atom is -0.323 e. The van der Waals surface area contributed by atoms with E-state index < -0.39 is 5.54 Å². The number of hydrogen-bond acceptors (Lipinski definition) is 2. The van der Waals surface area contributed by atoms with Crippen molar-refractivity contribution in [1.29, 1.82) is 5.26 Å².